The van der Waals surface area contributed by atoms with E-state index in [1.54, 1.807) is 0 Å². The van der Waals surface area contributed by atoms with Gasteiger partial charge >= 0.3 is 6.36 Å². The summed E-state index contributed by atoms with van der Waals surface area (Å²) in [6.07, 6.45) is 3.60. The fourth-order valence-electron chi connectivity index (χ4n) is 4.32. The lowest BCUT2D eigenvalue weighted by molar-refractivity contribution is -0.274. The third kappa shape index (κ3) is 6.20. The molecule has 0 radical (unpaired) electrons. The summed E-state index contributed by atoms with van der Waals surface area (Å²) in [6, 6.07) is 18.8. The van der Waals surface area contributed by atoms with Crippen LogP contribution in [0.25, 0.3) is 11.1 Å². The maximum atomic E-state index is 12.3. The lowest BCUT2D eigenvalue weighted by Gasteiger charge is -2.21. The molecule has 0 fully saturated rings. The van der Waals surface area contributed by atoms with Gasteiger partial charge in [-0.15, -0.1) is 13.2 Å². The predicted octanol–water partition coefficient (Wildman–Crippen LogP) is 7.87. The van der Waals surface area contributed by atoms with Crippen molar-refractivity contribution in [1.82, 2.24) is 0 Å². The summed E-state index contributed by atoms with van der Waals surface area (Å²) in [5.74, 6) is 5.91. The molecule has 170 valence electrons. The summed E-state index contributed by atoms with van der Waals surface area (Å²) in [6.45, 7) is 2.24. The Kier molecular flexibility index (Phi) is 7.08. The number of aryl methyl sites for hydroxylation is 3. The first kappa shape index (κ1) is 23.0. The van der Waals surface area contributed by atoms with Crippen LogP contribution < -0.4 is 4.74 Å². The molecule has 0 amide bonds. The van der Waals surface area contributed by atoms with E-state index in [0.717, 1.165) is 24.8 Å². The van der Waals surface area contributed by atoms with Crippen molar-refractivity contribution >= 4 is 0 Å². The molecule has 0 unspecified atom stereocenters. The zero-order valence-electron chi connectivity index (χ0n) is 18.8. The Morgan fingerprint density at radius 2 is 1.39 bits per heavy atom. The minimum atomic E-state index is -4.69. The topological polar surface area (TPSA) is 9.23 Å². The van der Waals surface area contributed by atoms with Crippen molar-refractivity contribution in [1.29, 1.82) is 0 Å². The molecule has 0 aromatic heterocycles. The number of hydrogen-bond donors (Lipinski definition) is 0. The van der Waals surface area contributed by atoms with Crippen LogP contribution in [0, 0.1) is 11.8 Å². The molecule has 3 aromatic rings. The Labute approximate surface area is 193 Å². The fourth-order valence-corrected chi connectivity index (χ4v) is 4.32. The van der Waals surface area contributed by atoms with Crippen LogP contribution in [-0.2, 0) is 19.3 Å². The predicted molar refractivity (Wildman–Crippen MR) is 126 cm³/mol. The second-order valence-electron chi connectivity index (χ2n) is 8.50. The Morgan fingerprint density at radius 3 is 2.09 bits per heavy atom. The Bertz CT molecular complexity index is 1160. The van der Waals surface area contributed by atoms with Crippen LogP contribution in [0.3, 0.4) is 0 Å². The average molecular weight is 449 g/mol. The molecule has 0 saturated carbocycles. The largest absolute Gasteiger partial charge is 0.573 e. The second kappa shape index (κ2) is 10.2. The van der Waals surface area contributed by atoms with Crippen molar-refractivity contribution in [2.24, 2.45) is 0 Å². The maximum absolute atomic E-state index is 12.3. The van der Waals surface area contributed by atoms with E-state index in [9.17, 15) is 13.2 Å². The van der Waals surface area contributed by atoms with Crippen molar-refractivity contribution in [2.75, 3.05) is 0 Å². The fraction of sp³-hybridized carbons (Fsp3) is 0.310. The molecule has 0 heterocycles. The normalized spacial score (nSPS) is 12.4. The highest BCUT2D eigenvalue weighted by Crippen LogP contribution is 2.34. The van der Waals surface area contributed by atoms with Gasteiger partial charge in [0.25, 0.3) is 0 Å². The van der Waals surface area contributed by atoms with Gasteiger partial charge in [0, 0.05) is 11.1 Å². The number of fused-ring (bicyclic) bond motifs is 3. The lowest BCUT2D eigenvalue weighted by atomic mass is 9.83. The van der Waals surface area contributed by atoms with E-state index < -0.39 is 6.36 Å². The number of benzene rings is 3. The lowest BCUT2D eigenvalue weighted by Crippen LogP contribution is -2.16. The van der Waals surface area contributed by atoms with Crippen molar-refractivity contribution < 1.29 is 17.9 Å². The minimum absolute atomic E-state index is 0.246. The summed E-state index contributed by atoms with van der Waals surface area (Å²) in [4.78, 5) is 0. The van der Waals surface area contributed by atoms with E-state index in [-0.39, 0.29) is 5.75 Å². The van der Waals surface area contributed by atoms with Gasteiger partial charge in [-0.2, -0.15) is 0 Å². The van der Waals surface area contributed by atoms with Gasteiger partial charge in [-0.1, -0.05) is 62.3 Å². The first-order valence-corrected chi connectivity index (χ1v) is 11.5. The first-order chi connectivity index (χ1) is 15.9. The zero-order valence-corrected chi connectivity index (χ0v) is 18.8. The summed E-state index contributed by atoms with van der Waals surface area (Å²) in [7, 11) is 0. The molecule has 0 saturated heterocycles. The minimum Gasteiger partial charge on any atom is -0.406 e. The molecule has 0 aliphatic heterocycles. The standard InChI is InChI=1S/C29H27F3O/c1-2-3-4-5-6-22-11-17-27-24(19-22)13-14-25-20-23(12-18-28(25)27)8-7-21-9-15-26(16-10-21)33-29(30,31)32/h9-12,15-20H,2-6,13-14H2,1H3. The van der Waals surface area contributed by atoms with Crippen LogP contribution in [-0.4, -0.2) is 6.36 Å². The van der Waals surface area contributed by atoms with Crippen molar-refractivity contribution in [2.45, 2.75) is 58.2 Å². The van der Waals surface area contributed by atoms with Crippen LogP contribution in [0.1, 0.15) is 60.4 Å². The van der Waals surface area contributed by atoms with Crippen LogP contribution in [0.4, 0.5) is 13.2 Å². The van der Waals surface area contributed by atoms with Gasteiger partial charge in [0.05, 0.1) is 0 Å². The van der Waals surface area contributed by atoms with Crippen molar-refractivity contribution in [3.63, 3.8) is 0 Å². The average Bonchev–Trinajstić information content (AvgIpc) is 2.80. The highest BCUT2D eigenvalue weighted by atomic mass is 19.4. The molecule has 0 atom stereocenters. The van der Waals surface area contributed by atoms with Gasteiger partial charge in [0.1, 0.15) is 5.75 Å². The summed E-state index contributed by atoms with van der Waals surface area (Å²) < 4.78 is 40.8. The van der Waals surface area contributed by atoms with Crippen molar-refractivity contribution in [3.8, 4) is 28.7 Å². The second-order valence-corrected chi connectivity index (χ2v) is 8.50. The van der Waals surface area contributed by atoms with E-state index in [1.807, 2.05) is 6.07 Å². The first-order valence-electron chi connectivity index (χ1n) is 11.5. The van der Waals surface area contributed by atoms with E-state index in [0.29, 0.717) is 5.56 Å². The molecule has 3 aromatic carbocycles. The smallest absolute Gasteiger partial charge is 0.406 e. The molecule has 0 bridgehead atoms. The van der Waals surface area contributed by atoms with Gasteiger partial charge in [0.2, 0.25) is 0 Å². The molecule has 1 aliphatic carbocycles. The van der Waals surface area contributed by atoms with Gasteiger partial charge < -0.3 is 4.74 Å². The molecular formula is C29H27F3O. The molecule has 1 aliphatic rings. The Balaban J connectivity index is 1.46. The molecule has 0 spiro atoms. The highest BCUT2D eigenvalue weighted by Gasteiger charge is 2.30. The molecule has 0 N–H and O–H groups in total. The molecule has 4 heteroatoms. The highest BCUT2D eigenvalue weighted by molar-refractivity contribution is 5.74. The quantitative estimate of drug-likeness (QED) is 0.275. The number of unbranched alkanes of at least 4 members (excludes halogenated alkanes) is 3. The monoisotopic (exact) mass is 448 g/mol. The van der Waals surface area contributed by atoms with E-state index >= 15 is 0 Å². The number of hydrogen-bond acceptors (Lipinski definition) is 1. The summed E-state index contributed by atoms with van der Waals surface area (Å²) >= 11 is 0. The zero-order chi connectivity index (χ0) is 23.3. The third-order valence-corrected chi connectivity index (χ3v) is 5.99. The van der Waals surface area contributed by atoms with Gasteiger partial charge in [-0.25, -0.2) is 0 Å². The number of rotatable bonds is 6. The summed E-state index contributed by atoms with van der Waals surface area (Å²) in [5.41, 5.74) is 8.28. The Hall–Kier alpha value is -3.19. The van der Waals surface area contributed by atoms with E-state index in [4.69, 9.17) is 0 Å². The molecule has 1 nitrogen and oxygen atoms in total. The molecular weight excluding hydrogens is 421 g/mol. The van der Waals surface area contributed by atoms with E-state index in [1.165, 1.54) is 77.8 Å². The third-order valence-electron chi connectivity index (χ3n) is 5.99. The number of ether oxygens (including phenoxy) is 1. The maximum Gasteiger partial charge on any atom is 0.573 e. The molecule has 4 rings (SSSR count). The van der Waals surface area contributed by atoms with Gasteiger partial charge in [-0.3, -0.25) is 0 Å². The van der Waals surface area contributed by atoms with Crippen LogP contribution in [0.2, 0.25) is 0 Å². The molecule has 33 heavy (non-hydrogen) atoms. The van der Waals surface area contributed by atoms with Gasteiger partial charge in [-0.05, 0) is 89.9 Å². The number of halogens is 3. The SMILES string of the molecule is CCCCCCc1ccc2c(c1)CCc1cc(C#Cc3ccc(OC(F)(F)F)cc3)ccc1-2. The van der Waals surface area contributed by atoms with Crippen molar-refractivity contribution in [3.05, 3.63) is 88.5 Å². The van der Waals surface area contributed by atoms with Crippen LogP contribution >= 0.6 is 0 Å². The Morgan fingerprint density at radius 1 is 0.758 bits per heavy atom. The van der Waals surface area contributed by atoms with E-state index in [2.05, 4.69) is 53.8 Å². The van der Waals surface area contributed by atoms with Crippen LogP contribution in [0.5, 0.6) is 5.75 Å². The van der Waals surface area contributed by atoms with Crippen LogP contribution in [0.15, 0.2) is 60.7 Å². The summed E-state index contributed by atoms with van der Waals surface area (Å²) in [5, 5.41) is 0. The number of alkyl halides is 3. The van der Waals surface area contributed by atoms with Gasteiger partial charge in [0.15, 0.2) is 0 Å².